The largest absolute Gasteiger partial charge is 0.505 e. The van der Waals surface area contributed by atoms with Crippen LogP contribution in [0.4, 0.5) is 18.9 Å². The van der Waals surface area contributed by atoms with Crippen molar-refractivity contribution in [3.05, 3.63) is 86.3 Å². The molecule has 1 spiro atoms. The second kappa shape index (κ2) is 12.3. The van der Waals surface area contributed by atoms with Crippen LogP contribution in [0.1, 0.15) is 64.9 Å². The fourth-order valence-electron chi connectivity index (χ4n) is 6.94. The number of nitrogens with zero attached hydrogens (tertiary/aromatic N) is 6. The van der Waals surface area contributed by atoms with Crippen LogP contribution < -0.4 is 10.9 Å². The van der Waals surface area contributed by atoms with Gasteiger partial charge in [0.1, 0.15) is 12.3 Å². The number of carbonyl (C=O) groups excluding carboxylic acids is 2. The van der Waals surface area contributed by atoms with Crippen molar-refractivity contribution in [3.8, 4) is 5.75 Å². The topological polar surface area (TPSA) is 164 Å². The molecule has 0 saturated carbocycles. The van der Waals surface area contributed by atoms with Crippen LogP contribution in [0.25, 0.3) is 11.4 Å². The van der Waals surface area contributed by atoms with E-state index < -0.39 is 47.2 Å². The number of pyridine rings is 1. The molecule has 17 heteroatoms. The number of hydrogen-bond donors (Lipinski definition) is 3. The summed E-state index contributed by atoms with van der Waals surface area (Å²) in [4.78, 5) is 51.1. The van der Waals surface area contributed by atoms with Crippen molar-refractivity contribution < 1.29 is 37.7 Å². The zero-order valence-electron chi connectivity index (χ0n) is 25.7. The monoisotopic (exact) mass is 699 g/mol. The summed E-state index contributed by atoms with van der Waals surface area (Å²) >= 11 is 6.09. The van der Waals surface area contributed by atoms with E-state index in [1.165, 1.54) is 27.8 Å². The average Bonchev–Trinajstić information content (AvgIpc) is 3.64. The SMILES string of the molecule is O=C(Cn1c2c(c(=O)n3nc(C4=CCOCC4)nc13)C1(CCN(C(=O)c3ncccc3O)CC1)CC2O)Nc1ccc(C(F)(F)F)cc1Cl. The summed E-state index contributed by atoms with van der Waals surface area (Å²) in [5.41, 5.74) is -1.37. The van der Waals surface area contributed by atoms with E-state index in [0.29, 0.717) is 25.7 Å². The van der Waals surface area contributed by atoms with Crippen molar-refractivity contribution >= 4 is 40.5 Å². The minimum absolute atomic E-state index is 0.00542. The highest BCUT2D eigenvalue weighted by Gasteiger charge is 2.50. The Morgan fingerprint density at radius 2 is 1.96 bits per heavy atom. The number of hydrogen-bond acceptors (Lipinski definition) is 9. The van der Waals surface area contributed by atoms with Gasteiger partial charge >= 0.3 is 6.18 Å². The Balaban J connectivity index is 1.26. The molecule has 1 saturated heterocycles. The number of nitrogens with one attached hydrogen (secondary N) is 1. The lowest BCUT2D eigenvalue weighted by Gasteiger charge is -2.39. The summed E-state index contributed by atoms with van der Waals surface area (Å²) in [6.45, 7) is 0.656. The van der Waals surface area contributed by atoms with Gasteiger partial charge in [0.15, 0.2) is 11.5 Å². The number of fused-ring (bicyclic) bond motifs is 3. The Hall–Kier alpha value is -4.80. The van der Waals surface area contributed by atoms with E-state index in [2.05, 4.69) is 20.4 Å². The molecule has 5 heterocycles. The summed E-state index contributed by atoms with van der Waals surface area (Å²) in [5.74, 6) is -1.17. The lowest BCUT2D eigenvalue weighted by atomic mass is 9.74. The minimum atomic E-state index is -4.63. The molecule has 3 aromatic heterocycles. The number of anilines is 1. The molecular weight excluding hydrogens is 671 g/mol. The summed E-state index contributed by atoms with van der Waals surface area (Å²) < 4.78 is 47.4. The number of rotatable bonds is 5. The minimum Gasteiger partial charge on any atom is -0.505 e. The predicted octanol–water partition coefficient (Wildman–Crippen LogP) is 3.72. The van der Waals surface area contributed by atoms with E-state index in [-0.39, 0.29) is 77.4 Å². The van der Waals surface area contributed by atoms with Crippen molar-refractivity contribution in [1.82, 2.24) is 29.0 Å². The second-order valence-electron chi connectivity index (χ2n) is 12.3. The molecule has 49 heavy (non-hydrogen) atoms. The number of benzene rings is 1. The van der Waals surface area contributed by atoms with E-state index in [0.717, 1.165) is 22.2 Å². The van der Waals surface area contributed by atoms with Crippen molar-refractivity contribution in [1.29, 1.82) is 0 Å². The van der Waals surface area contributed by atoms with Gasteiger partial charge in [-0.25, -0.2) is 4.98 Å². The van der Waals surface area contributed by atoms with Gasteiger partial charge in [-0.3, -0.25) is 14.4 Å². The fraction of sp³-hybridized carbons (Fsp3) is 0.375. The van der Waals surface area contributed by atoms with Gasteiger partial charge in [-0.15, -0.1) is 5.10 Å². The Labute approximate surface area is 280 Å². The average molecular weight is 700 g/mol. The second-order valence-corrected chi connectivity index (χ2v) is 12.7. The van der Waals surface area contributed by atoms with E-state index >= 15 is 0 Å². The first-order valence-electron chi connectivity index (χ1n) is 15.5. The number of alkyl halides is 3. The molecule has 4 aromatic rings. The maximum Gasteiger partial charge on any atom is 0.416 e. The maximum atomic E-state index is 14.3. The number of piperidine rings is 1. The Morgan fingerprint density at radius 1 is 1.18 bits per heavy atom. The fourth-order valence-corrected chi connectivity index (χ4v) is 7.17. The number of aliphatic hydroxyl groups is 1. The van der Waals surface area contributed by atoms with Gasteiger partial charge in [-0.05, 0) is 61.6 Å². The Kier molecular flexibility index (Phi) is 8.19. The molecule has 7 rings (SSSR count). The molecule has 2 aliphatic heterocycles. The number of aliphatic hydroxyl groups excluding tert-OH is 1. The summed E-state index contributed by atoms with van der Waals surface area (Å²) in [6.07, 6.45) is -1.44. The van der Waals surface area contributed by atoms with Crippen LogP contribution in [-0.4, -0.2) is 77.4 Å². The zero-order valence-corrected chi connectivity index (χ0v) is 26.5. The van der Waals surface area contributed by atoms with Gasteiger partial charge in [0.05, 0.1) is 41.3 Å². The van der Waals surface area contributed by atoms with Crippen LogP contribution in [0, 0.1) is 0 Å². The van der Waals surface area contributed by atoms with Crippen molar-refractivity contribution in [3.63, 3.8) is 0 Å². The normalized spacial score (nSPS) is 18.8. The number of amides is 2. The molecule has 1 fully saturated rings. The molecule has 3 aliphatic rings. The molecule has 3 N–H and O–H groups in total. The van der Waals surface area contributed by atoms with E-state index in [1.54, 1.807) is 6.08 Å². The molecular formula is C32H29ClF3N7O6. The highest BCUT2D eigenvalue weighted by atomic mass is 35.5. The lowest BCUT2D eigenvalue weighted by molar-refractivity contribution is -0.137. The third kappa shape index (κ3) is 5.82. The van der Waals surface area contributed by atoms with E-state index in [4.69, 9.17) is 16.3 Å². The molecule has 2 amide bonds. The zero-order chi connectivity index (χ0) is 34.7. The number of aromatic nitrogens is 5. The number of carbonyl (C=O) groups is 2. The van der Waals surface area contributed by atoms with E-state index in [9.17, 15) is 37.8 Å². The van der Waals surface area contributed by atoms with Gasteiger partial charge in [0.25, 0.3) is 11.5 Å². The number of aromatic hydroxyl groups is 1. The first-order chi connectivity index (χ1) is 23.4. The van der Waals surface area contributed by atoms with E-state index in [1.807, 2.05) is 0 Å². The maximum absolute atomic E-state index is 14.3. The molecule has 1 unspecified atom stereocenters. The smallest absolute Gasteiger partial charge is 0.416 e. The summed E-state index contributed by atoms with van der Waals surface area (Å²) in [7, 11) is 0. The number of halogens is 4. The van der Waals surface area contributed by atoms with Crippen LogP contribution in [0.5, 0.6) is 5.75 Å². The van der Waals surface area contributed by atoms with Gasteiger partial charge in [-0.1, -0.05) is 17.7 Å². The van der Waals surface area contributed by atoms with Crippen LogP contribution in [0.15, 0.2) is 47.4 Å². The first kappa shape index (κ1) is 32.7. The molecule has 256 valence electrons. The molecule has 0 radical (unpaired) electrons. The summed E-state index contributed by atoms with van der Waals surface area (Å²) in [5, 5.41) is 28.4. The molecule has 13 nitrogen and oxygen atoms in total. The Bertz CT molecular complexity index is 2090. The Morgan fingerprint density at radius 3 is 2.63 bits per heavy atom. The molecule has 1 atom stereocenters. The highest BCUT2D eigenvalue weighted by molar-refractivity contribution is 6.33. The predicted molar refractivity (Wildman–Crippen MR) is 168 cm³/mol. The van der Waals surface area contributed by atoms with Gasteiger partial charge in [-0.2, -0.15) is 22.7 Å². The molecule has 0 bridgehead atoms. The van der Waals surface area contributed by atoms with Gasteiger partial charge < -0.3 is 29.7 Å². The molecule has 1 aromatic carbocycles. The van der Waals surface area contributed by atoms with Gasteiger partial charge in [0, 0.05) is 30.3 Å². The van der Waals surface area contributed by atoms with Crippen molar-refractivity contribution in [2.24, 2.45) is 0 Å². The lowest BCUT2D eigenvalue weighted by Crippen LogP contribution is -2.46. The highest BCUT2D eigenvalue weighted by Crippen LogP contribution is 2.50. The number of likely N-dealkylation sites (tertiary alicyclic amines) is 1. The number of ether oxygens (including phenoxy) is 1. The quantitative estimate of drug-likeness (QED) is 0.282. The third-order valence-corrected chi connectivity index (χ3v) is 9.65. The van der Waals surface area contributed by atoms with Crippen molar-refractivity contribution in [2.75, 3.05) is 31.6 Å². The standard InChI is InChI=1S/C32H29ClF3N7O6/c33-19-14-18(32(34,35)36)3-4-20(19)38-23(46)16-42-26-22(45)15-31(7-10-41(11-8-31)29(48)25-21(44)2-1-9-37-25)24(26)28(47)43-30(42)39-27(40-43)17-5-12-49-13-6-17/h1-5,9,14,22,44-45H,6-8,10-13,15-16H2,(H,38,46). The van der Waals surface area contributed by atoms with Crippen LogP contribution in [0.3, 0.4) is 0 Å². The van der Waals surface area contributed by atoms with Crippen LogP contribution >= 0.6 is 11.6 Å². The first-order valence-corrected chi connectivity index (χ1v) is 15.8. The van der Waals surface area contributed by atoms with Crippen LogP contribution in [0.2, 0.25) is 5.02 Å². The van der Waals surface area contributed by atoms with Crippen LogP contribution in [-0.2, 0) is 27.7 Å². The van der Waals surface area contributed by atoms with Crippen molar-refractivity contribution in [2.45, 2.75) is 49.9 Å². The summed E-state index contributed by atoms with van der Waals surface area (Å²) in [6, 6.07) is 5.42. The molecule has 1 aliphatic carbocycles. The third-order valence-electron chi connectivity index (χ3n) is 9.33. The van der Waals surface area contributed by atoms with Gasteiger partial charge in [0.2, 0.25) is 11.7 Å².